The molecule has 0 heterocycles. The van der Waals surface area contributed by atoms with Crippen LogP contribution in [0.1, 0.15) is 31.7 Å². The molecule has 0 aromatic heterocycles. The van der Waals surface area contributed by atoms with Crippen molar-refractivity contribution >= 4 is 17.5 Å². The molecular weight excluding hydrogens is 348 g/mol. The minimum absolute atomic E-state index is 0.0306. The number of methoxy groups -OCH3 is 1. The number of benzene rings is 1. The predicted molar refractivity (Wildman–Crippen MR) is 101 cm³/mol. The van der Waals surface area contributed by atoms with Crippen LogP contribution in [0.3, 0.4) is 0 Å². The third-order valence-corrected chi connectivity index (χ3v) is 4.61. The Morgan fingerprint density at radius 1 is 1.15 bits per heavy atom. The van der Waals surface area contributed by atoms with Crippen molar-refractivity contribution in [1.29, 1.82) is 0 Å². The van der Waals surface area contributed by atoms with Gasteiger partial charge in [-0.2, -0.15) is 0 Å². The van der Waals surface area contributed by atoms with Gasteiger partial charge in [0.25, 0.3) is 0 Å². The fourth-order valence-corrected chi connectivity index (χ4v) is 2.93. The molecule has 3 unspecified atom stereocenters. The Hall–Kier alpha value is -2.60. The Labute approximate surface area is 159 Å². The van der Waals surface area contributed by atoms with Crippen molar-refractivity contribution in [2.24, 2.45) is 5.92 Å². The first-order valence-corrected chi connectivity index (χ1v) is 8.86. The number of aliphatic hydroxyl groups excluding tert-OH is 1. The van der Waals surface area contributed by atoms with E-state index in [4.69, 9.17) is 14.2 Å². The maximum absolute atomic E-state index is 12.3. The molecule has 1 aromatic carbocycles. The number of carbonyl (C=O) groups excluding carboxylic acids is 2. The summed E-state index contributed by atoms with van der Waals surface area (Å²) < 4.78 is 15.7. The Bertz CT molecular complexity index is 706. The largest absolute Gasteiger partial charge is 0.497 e. The van der Waals surface area contributed by atoms with Gasteiger partial charge in [-0.3, -0.25) is 0 Å². The van der Waals surface area contributed by atoms with E-state index < -0.39 is 24.1 Å². The number of hydrogen-bond donors (Lipinski definition) is 1. The lowest BCUT2D eigenvalue weighted by Crippen LogP contribution is -2.38. The summed E-state index contributed by atoms with van der Waals surface area (Å²) in [6, 6.07) is 6.93. The van der Waals surface area contributed by atoms with Gasteiger partial charge in [0, 0.05) is 5.57 Å². The lowest BCUT2D eigenvalue weighted by atomic mass is 9.85. The first-order chi connectivity index (χ1) is 12.8. The first-order valence-electron chi connectivity index (χ1n) is 8.86. The molecule has 0 bridgehead atoms. The maximum Gasteiger partial charge on any atom is 0.338 e. The zero-order valence-corrected chi connectivity index (χ0v) is 15.8. The van der Waals surface area contributed by atoms with Gasteiger partial charge in [0.2, 0.25) is 0 Å². The standard InChI is InChI=1S/C21H26O6/c1-13(2)20(23)26-12-15-5-10-19(18(22)11-15)27-21(24)14(3)16-6-8-17(25-4)9-7-16/h6-9,15,18-19,22H,1,3,5,10-12H2,2,4H3. The molecule has 0 radical (unpaired) electrons. The van der Waals surface area contributed by atoms with Crippen LogP contribution in [-0.4, -0.2) is 43.0 Å². The molecule has 6 nitrogen and oxygen atoms in total. The molecule has 146 valence electrons. The first kappa shape index (κ1) is 20.7. The van der Waals surface area contributed by atoms with Gasteiger partial charge in [-0.25, -0.2) is 9.59 Å². The minimum Gasteiger partial charge on any atom is -0.497 e. The van der Waals surface area contributed by atoms with Gasteiger partial charge in [-0.05, 0) is 49.8 Å². The van der Waals surface area contributed by atoms with Crippen molar-refractivity contribution in [3.05, 3.63) is 48.6 Å². The van der Waals surface area contributed by atoms with Gasteiger partial charge >= 0.3 is 11.9 Å². The van der Waals surface area contributed by atoms with Gasteiger partial charge < -0.3 is 19.3 Å². The minimum atomic E-state index is -0.806. The Balaban J connectivity index is 1.85. The molecule has 3 atom stereocenters. The van der Waals surface area contributed by atoms with Crippen LogP contribution in [-0.2, 0) is 19.1 Å². The fraction of sp³-hybridized carbons (Fsp3) is 0.429. The summed E-state index contributed by atoms with van der Waals surface area (Å²) in [4.78, 5) is 23.8. The number of ether oxygens (including phenoxy) is 3. The van der Waals surface area contributed by atoms with Crippen LogP contribution in [0.25, 0.3) is 5.57 Å². The molecule has 1 fully saturated rings. The second-order valence-corrected chi connectivity index (χ2v) is 6.78. The Morgan fingerprint density at radius 3 is 2.37 bits per heavy atom. The van der Waals surface area contributed by atoms with Crippen molar-refractivity contribution in [3.63, 3.8) is 0 Å². The highest BCUT2D eigenvalue weighted by Gasteiger charge is 2.33. The summed E-state index contributed by atoms with van der Waals surface area (Å²) in [6.07, 6.45) is 0.183. The number of aliphatic hydroxyl groups is 1. The van der Waals surface area contributed by atoms with Crippen LogP contribution < -0.4 is 4.74 Å². The van der Waals surface area contributed by atoms with Gasteiger partial charge in [0.1, 0.15) is 11.9 Å². The van der Waals surface area contributed by atoms with Gasteiger partial charge in [-0.1, -0.05) is 25.3 Å². The third-order valence-electron chi connectivity index (χ3n) is 4.61. The van der Waals surface area contributed by atoms with E-state index in [0.717, 1.165) is 0 Å². The topological polar surface area (TPSA) is 82.1 Å². The number of esters is 2. The van der Waals surface area contributed by atoms with Gasteiger partial charge in [0.05, 0.1) is 25.4 Å². The third kappa shape index (κ3) is 5.69. The zero-order valence-electron chi connectivity index (χ0n) is 15.8. The number of rotatable bonds is 7. The molecule has 0 saturated heterocycles. The van der Waals surface area contributed by atoms with Crippen LogP contribution in [0, 0.1) is 5.92 Å². The molecule has 0 amide bonds. The average Bonchev–Trinajstić information content (AvgIpc) is 2.67. The predicted octanol–water partition coefficient (Wildman–Crippen LogP) is 2.90. The highest BCUT2D eigenvalue weighted by molar-refractivity contribution is 6.15. The SMILES string of the molecule is C=C(C)C(=O)OCC1CCC(OC(=O)C(=C)c2ccc(OC)cc2)C(O)C1. The van der Waals surface area contributed by atoms with Crippen LogP contribution in [0.2, 0.25) is 0 Å². The molecular formula is C21H26O6. The van der Waals surface area contributed by atoms with E-state index in [1.54, 1.807) is 38.3 Å². The summed E-state index contributed by atoms with van der Waals surface area (Å²) in [6.45, 7) is 9.13. The Morgan fingerprint density at radius 2 is 1.81 bits per heavy atom. The molecule has 0 spiro atoms. The molecule has 2 rings (SSSR count). The Kier molecular flexibility index (Phi) is 7.19. The number of carbonyl (C=O) groups is 2. The van der Waals surface area contributed by atoms with Crippen LogP contribution in [0.4, 0.5) is 0 Å². The second-order valence-electron chi connectivity index (χ2n) is 6.78. The van der Waals surface area contributed by atoms with E-state index in [-0.39, 0.29) is 18.1 Å². The summed E-state index contributed by atoms with van der Waals surface area (Å²) >= 11 is 0. The molecule has 1 N–H and O–H groups in total. The van der Waals surface area contributed by atoms with Gasteiger partial charge in [0.15, 0.2) is 0 Å². The van der Waals surface area contributed by atoms with Crippen LogP contribution in [0.5, 0.6) is 5.75 Å². The molecule has 6 heteroatoms. The quantitative estimate of drug-likeness (QED) is 0.584. The summed E-state index contributed by atoms with van der Waals surface area (Å²) in [7, 11) is 1.56. The van der Waals surface area contributed by atoms with Crippen molar-refractivity contribution in [2.45, 2.75) is 38.4 Å². The molecule has 1 aromatic rings. The summed E-state index contributed by atoms with van der Waals surface area (Å²) in [5.74, 6) is -0.283. The lowest BCUT2D eigenvalue weighted by Gasteiger charge is -2.32. The highest BCUT2D eigenvalue weighted by atomic mass is 16.6. The van der Waals surface area contributed by atoms with E-state index in [0.29, 0.717) is 36.1 Å². The van der Waals surface area contributed by atoms with Gasteiger partial charge in [-0.15, -0.1) is 0 Å². The normalized spacial score (nSPS) is 21.8. The van der Waals surface area contributed by atoms with E-state index in [1.165, 1.54) is 0 Å². The molecule has 1 saturated carbocycles. The van der Waals surface area contributed by atoms with Crippen molar-refractivity contribution < 1.29 is 28.9 Å². The molecule has 0 aliphatic heterocycles. The van der Waals surface area contributed by atoms with E-state index in [2.05, 4.69) is 13.2 Å². The van der Waals surface area contributed by atoms with Crippen molar-refractivity contribution in [2.75, 3.05) is 13.7 Å². The molecule has 1 aliphatic rings. The summed E-state index contributed by atoms with van der Waals surface area (Å²) in [5.41, 5.74) is 1.20. The smallest absolute Gasteiger partial charge is 0.338 e. The maximum atomic E-state index is 12.3. The zero-order chi connectivity index (χ0) is 20.0. The fourth-order valence-electron chi connectivity index (χ4n) is 2.93. The monoisotopic (exact) mass is 374 g/mol. The molecule has 1 aliphatic carbocycles. The summed E-state index contributed by atoms with van der Waals surface area (Å²) in [5, 5.41) is 10.3. The van der Waals surface area contributed by atoms with Crippen molar-refractivity contribution in [1.82, 2.24) is 0 Å². The van der Waals surface area contributed by atoms with Crippen LogP contribution >= 0.6 is 0 Å². The van der Waals surface area contributed by atoms with E-state index in [9.17, 15) is 14.7 Å². The van der Waals surface area contributed by atoms with E-state index in [1.807, 2.05) is 0 Å². The average molecular weight is 374 g/mol. The highest BCUT2D eigenvalue weighted by Crippen LogP contribution is 2.28. The molecule has 27 heavy (non-hydrogen) atoms. The van der Waals surface area contributed by atoms with Crippen LogP contribution in [0.15, 0.2) is 43.0 Å². The van der Waals surface area contributed by atoms with Crippen molar-refractivity contribution in [3.8, 4) is 5.75 Å². The van der Waals surface area contributed by atoms with E-state index >= 15 is 0 Å². The second kappa shape index (κ2) is 9.37. The lowest BCUT2D eigenvalue weighted by molar-refractivity contribution is -0.153. The number of hydrogen-bond acceptors (Lipinski definition) is 6.